The maximum atomic E-state index is 15.6. The molecular weight excluding hydrogens is 405 g/mol. The zero-order chi connectivity index (χ0) is 23.2. The van der Waals surface area contributed by atoms with Gasteiger partial charge in [0, 0.05) is 27.8 Å². The summed E-state index contributed by atoms with van der Waals surface area (Å²) in [7, 11) is 0. The maximum absolute atomic E-state index is 15.6. The van der Waals surface area contributed by atoms with E-state index < -0.39 is 23.5 Å². The van der Waals surface area contributed by atoms with E-state index in [2.05, 4.69) is 4.98 Å². The van der Waals surface area contributed by atoms with Gasteiger partial charge in [-0.3, -0.25) is 4.98 Å². The Hall–Kier alpha value is -3.31. The van der Waals surface area contributed by atoms with Gasteiger partial charge < -0.3 is 9.84 Å². The molecule has 0 aliphatic heterocycles. The first kappa shape index (κ1) is 21.9. The van der Waals surface area contributed by atoms with Crippen LogP contribution in [0.2, 0.25) is 0 Å². The summed E-state index contributed by atoms with van der Waals surface area (Å²) < 4.78 is 21.6. The van der Waals surface area contributed by atoms with E-state index in [0.717, 1.165) is 27.4 Å². The van der Waals surface area contributed by atoms with Crippen LogP contribution in [0.5, 0.6) is 0 Å². The van der Waals surface area contributed by atoms with Crippen molar-refractivity contribution in [2.45, 2.75) is 46.3 Å². The largest absolute Gasteiger partial charge is 0.479 e. The molecule has 1 atom stereocenters. The number of halogens is 1. The summed E-state index contributed by atoms with van der Waals surface area (Å²) in [6.07, 6.45) is -1.27. The van der Waals surface area contributed by atoms with Crippen molar-refractivity contribution in [3.8, 4) is 11.1 Å². The molecule has 0 bridgehead atoms. The Labute approximate surface area is 186 Å². The Morgan fingerprint density at radius 1 is 1.00 bits per heavy atom. The van der Waals surface area contributed by atoms with Crippen LogP contribution in [0.25, 0.3) is 32.8 Å². The zero-order valence-electron chi connectivity index (χ0n) is 18.9. The number of ether oxygens (including phenoxy) is 1. The lowest BCUT2D eigenvalue weighted by molar-refractivity contribution is -0.160. The minimum Gasteiger partial charge on any atom is -0.479 e. The van der Waals surface area contributed by atoms with Crippen LogP contribution in [-0.4, -0.2) is 21.7 Å². The number of carbonyl (C=O) groups is 1. The summed E-state index contributed by atoms with van der Waals surface area (Å²) in [4.78, 5) is 17.1. The molecule has 1 N–H and O–H groups in total. The van der Waals surface area contributed by atoms with Crippen LogP contribution >= 0.6 is 0 Å². The Balaban J connectivity index is 2.20. The van der Waals surface area contributed by atoms with Gasteiger partial charge in [-0.25, -0.2) is 9.18 Å². The van der Waals surface area contributed by atoms with Crippen molar-refractivity contribution in [2.75, 3.05) is 0 Å². The third-order valence-electron chi connectivity index (χ3n) is 5.45. The van der Waals surface area contributed by atoms with E-state index in [1.807, 2.05) is 77.1 Å². The van der Waals surface area contributed by atoms with Crippen molar-refractivity contribution in [2.24, 2.45) is 0 Å². The van der Waals surface area contributed by atoms with Crippen LogP contribution in [-0.2, 0) is 9.53 Å². The molecular formula is C27H26FNO3. The van der Waals surface area contributed by atoms with E-state index in [-0.39, 0.29) is 0 Å². The summed E-state index contributed by atoms with van der Waals surface area (Å²) in [6, 6.07) is 16.4. The molecule has 5 heteroatoms. The van der Waals surface area contributed by atoms with Gasteiger partial charge in [0.05, 0.1) is 11.1 Å². The number of hydrogen-bond donors (Lipinski definition) is 1. The molecule has 4 aromatic rings. The monoisotopic (exact) mass is 431 g/mol. The van der Waals surface area contributed by atoms with Gasteiger partial charge in [-0.05, 0) is 69.2 Å². The molecule has 0 spiro atoms. The first-order valence-electron chi connectivity index (χ1n) is 10.6. The number of hydrogen-bond acceptors (Lipinski definition) is 3. The van der Waals surface area contributed by atoms with Gasteiger partial charge in [0.1, 0.15) is 5.82 Å². The molecule has 0 unspecified atom stereocenters. The lowest BCUT2D eigenvalue weighted by Crippen LogP contribution is -2.28. The summed E-state index contributed by atoms with van der Waals surface area (Å²) in [6.45, 7) is 9.12. The average Bonchev–Trinajstić information content (AvgIpc) is 2.71. The van der Waals surface area contributed by atoms with Crippen molar-refractivity contribution in [3.63, 3.8) is 0 Å². The number of pyridine rings is 1. The van der Waals surface area contributed by atoms with Gasteiger partial charge in [0.15, 0.2) is 6.10 Å². The van der Waals surface area contributed by atoms with Crippen molar-refractivity contribution in [1.29, 1.82) is 0 Å². The molecule has 1 aromatic heterocycles. The van der Waals surface area contributed by atoms with Crippen molar-refractivity contribution < 1.29 is 19.0 Å². The third kappa shape index (κ3) is 3.96. The smallest absolute Gasteiger partial charge is 0.337 e. The fourth-order valence-corrected chi connectivity index (χ4v) is 4.20. The molecule has 0 radical (unpaired) electrons. The maximum Gasteiger partial charge on any atom is 0.337 e. The first-order valence-corrected chi connectivity index (χ1v) is 10.6. The second kappa shape index (κ2) is 7.99. The quantitative estimate of drug-likeness (QED) is 0.388. The highest BCUT2D eigenvalue weighted by Gasteiger charge is 2.32. The van der Waals surface area contributed by atoms with E-state index in [1.54, 1.807) is 6.07 Å². The third-order valence-corrected chi connectivity index (χ3v) is 5.45. The lowest BCUT2D eigenvalue weighted by Gasteiger charge is -2.28. The number of aryl methyl sites for hydroxylation is 2. The van der Waals surface area contributed by atoms with E-state index in [1.165, 1.54) is 6.07 Å². The van der Waals surface area contributed by atoms with Crippen LogP contribution in [0, 0.1) is 19.7 Å². The van der Waals surface area contributed by atoms with Crippen LogP contribution in [0.15, 0.2) is 54.6 Å². The second-order valence-electron chi connectivity index (χ2n) is 9.10. The van der Waals surface area contributed by atoms with Crippen LogP contribution < -0.4 is 0 Å². The number of aromatic nitrogens is 1. The van der Waals surface area contributed by atoms with Crippen LogP contribution in [0.3, 0.4) is 0 Å². The normalized spacial score (nSPS) is 12.9. The Morgan fingerprint density at radius 2 is 1.69 bits per heavy atom. The number of rotatable bonds is 4. The molecule has 0 aliphatic carbocycles. The number of carboxylic acids is 1. The fraction of sp³-hybridized carbons (Fsp3) is 0.259. The van der Waals surface area contributed by atoms with Crippen molar-refractivity contribution in [3.05, 3.63) is 77.2 Å². The molecule has 0 saturated heterocycles. The molecule has 0 amide bonds. The highest BCUT2D eigenvalue weighted by atomic mass is 19.1. The minimum absolute atomic E-state index is 0.296. The highest BCUT2D eigenvalue weighted by Crippen LogP contribution is 2.43. The second-order valence-corrected chi connectivity index (χ2v) is 9.10. The molecule has 3 aromatic carbocycles. The SMILES string of the molecule is Cc1ccc2ccc(F)c(-c3c([C@H](OC(C)(C)C)C(=O)O)c(C)cc4ccccc34)c2n1. The topological polar surface area (TPSA) is 59.4 Å². The predicted molar refractivity (Wildman–Crippen MR) is 125 cm³/mol. The van der Waals surface area contributed by atoms with Gasteiger partial charge in [-0.1, -0.05) is 36.4 Å². The number of benzene rings is 3. The summed E-state index contributed by atoms with van der Waals surface area (Å²) in [5.74, 6) is -1.57. The molecule has 32 heavy (non-hydrogen) atoms. The molecule has 1 heterocycles. The number of fused-ring (bicyclic) bond motifs is 2. The van der Waals surface area contributed by atoms with Gasteiger partial charge in [-0.2, -0.15) is 0 Å². The van der Waals surface area contributed by atoms with Crippen molar-refractivity contribution >= 4 is 27.6 Å². The summed E-state index contributed by atoms with van der Waals surface area (Å²) >= 11 is 0. The van der Waals surface area contributed by atoms with E-state index >= 15 is 4.39 Å². The van der Waals surface area contributed by atoms with E-state index in [9.17, 15) is 9.90 Å². The van der Waals surface area contributed by atoms with E-state index in [0.29, 0.717) is 22.2 Å². The number of nitrogens with zero attached hydrogens (tertiary/aromatic N) is 1. The van der Waals surface area contributed by atoms with E-state index in [4.69, 9.17) is 4.74 Å². The molecule has 164 valence electrons. The van der Waals surface area contributed by atoms with Gasteiger partial charge in [-0.15, -0.1) is 0 Å². The zero-order valence-corrected chi connectivity index (χ0v) is 18.9. The average molecular weight is 432 g/mol. The minimum atomic E-state index is -1.27. The van der Waals surface area contributed by atoms with Crippen molar-refractivity contribution in [1.82, 2.24) is 4.98 Å². The molecule has 0 saturated carbocycles. The van der Waals surface area contributed by atoms with Gasteiger partial charge >= 0.3 is 5.97 Å². The van der Waals surface area contributed by atoms with Crippen LogP contribution in [0.4, 0.5) is 4.39 Å². The fourth-order valence-electron chi connectivity index (χ4n) is 4.20. The number of carboxylic acid groups (broad SMARTS) is 1. The van der Waals surface area contributed by atoms with Gasteiger partial charge in [0.2, 0.25) is 0 Å². The molecule has 0 aliphatic rings. The summed E-state index contributed by atoms with van der Waals surface area (Å²) in [5, 5.41) is 12.6. The Morgan fingerprint density at radius 3 is 2.38 bits per heavy atom. The highest BCUT2D eigenvalue weighted by molar-refractivity contribution is 6.07. The number of aliphatic carboxylic acids is 1. The lowest BCUT2D eigenvalue weighted by atomic mass is 9.86. The first-order chi connectivity index (χ1) is 15.1. The Bertz CT molecular complexity index is 1350. The predicted octanol–water partition coefficient (Wildman–Crippen LogP) is 6.75. The standard InChI is InChI=1S/C27H26FNO3/c1-15-14-18-8-6-7-9-19(18)22(21(15)25(26(30)31)32-27(3,4)5)23-20(28)13-12-17-11-10-16(2)29-24(17)23/h6-14,25H,1-5H3,(H,30,31)/t25-/m0/s1. The molecule has 0 fully saturated rings. The molecule has 4 nitrogen and oxygen atoms in total. The molecule has 4 rings (SSSR count). The summed E-state index contributed by atoms with van der Waals surface area (Å²) in [5.41, 5.74) is 2.51. The van der Waals surface area contributed by atoms with Crippen LogP contribution in [0.1, 0.15) is 43.7 Å². The van der Waals surface area contributed by atoms with Gasteiger partial charge in [0.25, 0.3) is 0 Å². The Kier molecular flexibility index (Phi) is 5.47.